The molecule has 3 fully saturated rings. The van der Waals surface area contributed by atoms with Crippen LogP contribution in [-0.2, 0) is 9.53 Å². The van der Waals surface area contributed by atoms with Gasteiger partial charge in [0.25, 0.3) is 0 Å². The van der Waals surface area contributed by atoms with Crippen LogP contribution in [0.2, 0.25) is 0 Å². The second-order valence-electron chi connectivity index (χ2n) is 6.92. The number of carbonyl (C=O) groups excluding carboxylic acids is 1. The van der Waals surface area contributed by atoms with Crippen LogP contribution in [0.3, 0.4) is 0 Å². The lowest BCUT2D eigenvalue weighted by molar-refractivity contribution is -0.181. The van der Waals surface area contributed by atoms with E-state index < -0.39 is 5.60 Å². The normalized spacial score (nSPS) is 51.7. The van der Waals surface area contributed by atoms with E-state index in [0.717, 1.165) is 37.7 Å². The van der Waals surface area contributed by atoms with Gasteiger partial charge in [0.05, 0.1) is 11.2 Å². The number of carbonyl (C=O) groups is 1. The van der Waals surface area contributed by atoms with Gasteiger partial charge in [-0.1, -0.05) is 29.3 Å². The summed E-state index contributed by atoms with van der Waals surface area (Å²) in [5, 5.41) is 10.8. The molecular weight excluding hydrogens is 308 g/mol. The fraction of sp³-hybridized carbons (Fsp3) is 0.800. The van der Waals surface area contributed by atoms with Gasteiger partial charge >= 0.3 is 5.97 Å². The zero-order chi connectivity index (χ0) is 13.8. The fourth-order valence-corrected chi connectivity index (χ4v) is 5.30. The van der Waals surface area contributed by atoms with Crippen LogP contribution in [0.1, 0.15) is 46.0 Å². The van der Waals surface area contributed by atoms with Crippen molar-refractivity contribution in [1.82, 2.24) is 0 Å². The Morgan fingerprint density at radius 2 is 2.11 bits per heavy atom. The smallest absolute Gasteiger partial charge is 0.335 e. The minimum atomic E-state index is -0.724. The molecule has 4 heteroatoms. The average molecular weight is 329 g/mol. The lowest BCUT2D eigenvalue weighted by atomic mass is 9.52. The summed E-state index contributed by atoms with van der Waals surface area (Å²) in [6.45, 7) is 4.17. The number of aliphatic hydroxyl groups is 1. The summed E-state index contributed by atoms with van der Waals surface area (Å²) in [6, 6.07) is 0. The highest BCUT2D eigenvalue weighted by molar-refractivity contribution is 9.11. The molecule has 0 amide bonds. The van der Waals surface area contributed by atoms with E-state index in [-0.39, 0.29) is 29.3 Å². The van der Waals surface area contributed by atoms with E-state index >= 15 is 0 Å². The van der Waals surface area contributed by atoms with Gasteiger partial charge in [-0.2, -0.15) is 0 Å². The van der Waals surface area contributed by atoms with Gasteiger partial charge in [0.15, 0.2) is 0 Å². The number of hydrogen-bond donors (Lipinski definition) is 1. The quantitative estimate of drug-likeness (QED) is 0.548. The van der Waals surface area contributed by atoms with Crippen molar-refractivity contribution in [1.29, 1.82) is 0 Å². The van der Waals surface area contributed by atoms with Crippen molar-refractivity contribution in [3.63, 3.8) is 0 Å². The zero-order valence-electron chi connectivity index (χ0n) is 11.5. The van der Waals surface area contributed by atoms with E-state index in [0.29, 0.717) is 0 Å². The maximum atomic E-state index is 12.0. The SMILES string of the molecule is C[C@]12CCC[C@@](C)(O)[C@@H]1[C@H]1OC(=O)/C(=C/Br)[C@@H]1CC2. The molecule has 5 atom stereocenters. The summed E-state index contributed by atoms with van der Waals surface area (Å²) in [6.07, 6.45) is 4.90. The molecule has 106 valence electrons. The third kappa shape index (κ3) is 1.90. The average Bonchev–Trinajstić information content (AvgIpc) is 2.62. The maximum absolute atomic E-state index is 12.0. The Balaban J connectivity index is 2.01. The summed E-state index contributed by atoms with van der Waals surface area (Å²) in [5.74, 6) is -0.00609. The summed E-state index contributed by atoms with van der Waals surface area (Å²) in [5.41, 5.74) is 0.122. The van der Waals surface area contributed by atoms with Crippen LogP contribution in [0, 0.1) is 17.3 Å². The molecule has 0 bridgehead atoms. The summed E-state index contributed by atoms with van der Waals surface area (Å²) in [7, 11) is 0. The van der Waals surface area contributed by atoms with E-state index in [1.807, 2.05) is 6.92 Å². The molecule has 0 aromatic carbocycles. The molecule has 0 spiro atoms. The highest BCUT2D eigenvalue weighted by Gasteiger charge is 2.60. The predicted molar refractivity (Wildman–Crippen MR) is 75.7 cm³/mol. The van der Waals surface area contributed by atoms with Crippen LogP contribution in [0.4, 0.5) is 0 Å². The van der Waals surface area contributed by atoms with Crippen molar-refractivity contribution in [3.05, 3.63) is 10.6 Å². The van der Waals surface area contributed by atoms with Crippen LogP contribution in [-0.4, -0.2) is 22.8 Å². The van der Waals surface area contributed by atoms with Crippen LogP contribution in [0.15, 0.2) is 10.6 Å². The fourth-order valence-electron chi connectivity index (χ4n) is 4.78. The van der Waals surface area contributed by atoms with E-state index in [2.05, 4.69) is 22.9 Å². The van der Waals surface area contributed by atoms with Crippen LogP contribution in [0.5, 0.6) is 0 Å². The lowest BCUT2D eigenvalue weighted by Gasteiger charge is -2.55. The molecule has 0 aromatic heterocycles. The first-order valence-electron chi connectivity index (χ1n) is 7.13. The topological polar surface area (TPSA) is 46.5 Å². The molecule has 2 saturated carbocycles. The molecule has 0 radical (unpaired) electrons. The van der Waals surface area contributed by atoms with Crippen molar-refractivity contribution in [2.24, 2.45) is 17.3 Å². The van der Waals surface area contributed by atoms with Crippen LogP contribution >= 0.6 is 15.9 Å². The van der Waals surface area contributed by atoms with Crippen molar-refractivity contribution in [3.8, 4) is 0 Å². The molecule has 3 aliphatic rings. The molecule has 3 rings (SSSR count). The third-order valence-electron chi connectivity index (χ3n) is 5.60. The van der Waals surface area contributed by atoms with Gasteiger partial charge in [0.1, 0.15) is 6.10 Å². The largest absolute Gasteiger partial charge is 0.458 e. The van der Waals surface area contributed by atoms with E-state index in [1.165, 1.54) is 0 Å². The Kier molecular flexibility index (Phi) is 3.10. The summed E-state index contributed by atoms with van der Waals surface area (Å²) < 4.78 is 5.64. The van der Waals surface area contributed by atoms with Gasteiger partial charge in [-0.05, 0) is 43.0 Å². The Bertz CT molecular complexity index is 443. The second-order valence-corrected chi connectivity index (χ2v) is 7.38. The molecule has 1 N–H and O–H groups in total. The van der Waals surface area contributed by atoms with Gasteiger partial charge in [-0.15, -0.1) is 0 Å². The van der Waals surface area contributed by atoms with Crippen molar-refractivity contribution in [2.75, 3.05) is 0 Å². The number of hydrogen-bond acceptors (Lipinski definition) is 3. The van der Waals surface area contributed by atoms with Crippen molar-refractivity contribution < 1.29 is 14.6 Å². The number of halogens is 1. The minimum absolute atomic E-state index is 0.0569. The van der Waals surface area contributed by atoms with Gasteiger partial charge in [-0.25, -0.2) is 4.79 Å². The number of rotatable bonds is 0. The van der Waals surface area contributed by atoms with E-state index in [1.54, 1.807) is 4.99 Å². The highest BCUT2D eigenvalue weighted by atomic mass is 79.9. The second kappa shape index (κ2) is 4.32. The first-order chi connectivity index (χ1) is 8.89. The van der Waals surface area contributed by atoms with Gasteiger partial charge in [0, 0.05) is 11.8 Å². The van der Waals surface area contributed by atoms with Crippen molar-refractivity contribution >= 4 is 21.9 Å². The van der Waals surface area contributed by atoms with Crippen molar-refractivity contribution in [2.45, 2.75) is 57.7 Å². The molecule has 3 nitrogen and oxygen atoms in total. The zero-order valence-corrected chi connectivity index (χ0v) is 13.1. The maximum Gasteiger partial charge on any atom is 0.335 e. The Labute approximate surface area is 122 Å². The first-order valence-corrected chi connectivity index (χ1v) is 8.04. The molecular formula is C15H21BrO3. The van der Waals surface area contributed by atoms with Crippen LogP contribution < -0.4 is 0 Å². The monoisotopic (exact) mass is 328 g/mol. The Morgan fingerprint density at radius 3 is 2.79 bits per heavy atom. The lowest BCUT2D eigenvalue weighted by Crippen LogP contribution is -2.57. The number of ether oxygens (including phenoxy) is 1. The standard InChI is InChI=1S/C15H21BrO3/c1-14-5-3-6-15(2,18)12(14)11-9(4-7-14)10(8-16)13(17)19-11/h8-9,11-12,18H,3-7H2,1-2H3/b10-8+/t9-,11-,12+,14+,15+/m0/s1. The Hall–Kier alpha value is -0.350. The molecule has 19 heavy (non-hydrogen) atoms. The number of fused-ring (bicyclic) bond motifs is 3. The Morgan fingerprint density at radius 1 is 1.37 bits per heavy atom. The highest BCUT2D eigenvalue weighted by Crippen LogP contribution is 2.58. The summed E-state index contributed by atoms with van der Waals surface area (Å²) in [4.78, 5) is 13.7. The first kappa shape index (κ1) is 13.6. The summed E-state index contributed by atoms with van der Waals surface area (Å²) >= 11 is 3.28. The molecule has 1 saturated heterocycles. The third-order valence-corrected chi connectivity index (χ3v) is 6.09. The molecule has 0 unspecified atom stereocenters. The molecule has 0 aromatic rings. The molecule has 1 heterocycles. The predicted octanol–water partition coefficient (Wildman–Crippen LogP) is 3.16. The van der Waals surface area contributed by atoms with Gasteiger partial charge < -0.3 is 9.84 Å². The van der Waals surface area contributed by atoms with E-state index in [9.17, 15) is 9.90 Å². The van der Waals surface area contributed by atoms with E-state index in [4.69, 9.17) is 4.74 Å². The minimum Gasteiger partial charge on any atom is -0.458 e. The molecule has 1 aliphatic heterocycles. The molecule has 2 aliphatic carbocycles. The van der Waals surface area contributed by atoms with Gasteiger partial charge in [-0.3, -0.25) is 0 Å². The number of esters is 1. The van der Waals surface area contributed by atoms with Gasteiger partial charge in [0.2, 0.25) is 0 Å². The van der Waals surface area contributed by atoms with Crippen LogP contribution in [0.25, 0.3) is 0 Å².